The van der Waals surface area contributed by atoms with Crippen molar-refractivity contribution in [2.24, 2.45) is 7.05 Å². The Morgan fingerprint density at radius 1 is 0.969 bits per heavy atom. The second-order valence-electron chi connectivity index (χ2n) is 7.03. The van der Waals surface area contributed by atoms with Crippen LogP contribution in [0.25, 0.3) is 0 Å². The van der Waals surface area contributed by atoms with E-state index in [0.717, 1.165) is 11.3 Å². The lowest BCUT2D eigenvalue weighted by molar-refractivity contribution is -0.119. The van der Waals surface area contributed by atoms with Gasteiger partial charge in [-0.25, -0.2) is 4.79 Å². The summed E-state index contributed by atoms with van der Waals surface area (Å²) < 4.78 is 11.8. The molecule has 0 spiro atoms. The van der Waals surface area contributed by atoms with Gasteiger partial charge in [0.1, 0.15) is 11.4 Å². The van der Waals surface area contributed by atoms with Crippen molar-refractivity contribution in [3.63, 3.8) is 0 Å². The average Bonchev–Trinajstić information content (AvgIpc) is 3.24. The number of hydrogen-bond donors (Lipinski definition) is 2. The van der Waals surface area contributed by atoms with E-state index in [1.165, 1.54) is 0 Å². The summed E-state index contributed by atoms with van der Waals surface area (Å²) >= 11 is 0. The summed E-state index contributed by atoms with van der Waals surface area (Å²) in [7, 11) is 3.32. The van der Waals surface area contributed by atoms with E-state index >= 15 is 0 Å². The molecule has 2 N–H and O–H groups in total. The highest BCUT2D eigenvalue weighted by Gasteiger charge is 2.16. The molecule has 0 unspecified atom stereocenters. The van der Waals surface area contributed by atoms with Gasteiger partial charge in [0.25, 0.3) is 11.8 Å². The molecule has 0 atom stereocenters. The lowest BCUT2D eigenvalue weighted by atomic mass is 10.1. The average molecular weight is 435 g/mol. The third-order valence-electron chi connectivity index (χ3n) is 4.79. The Labute approximate surface area is 186 Å². The summed E-state index contributed by atoms with van der Waals surface area (Å²) in [5.41, 5.74) is 2.07. The predicted molar refractivity (Wildman–Crippen MR) is 120 cm³/mol. The number of ether oxygens (including phenoxy) is 2. The number of aromatic nitrogens is 1. The maximum atomic E-state index is 12.6. The molecule has 0 aliphatic rings. The van der Waals surface area contributed by atoms with Crippen molar-refractivity contribution in [1.29, 1.82) is 0 Å². The monoisotopic (exact) mass is 435 g/mol. The fraction of sp³-hybridized carbons (Fsp3) is 0.208. The first-order chi connectivity index (χ1) is 15.5. The molecule has 2 aromatic carbocycles. The first-order valence-corrected chi connectivity index (χ1v) is 10.1. The molecule has 0 aliphatic heterocycles. The molecular weight excluding hydrogens is 410 g/mol. The Bertz CT molecular complexity index is 1090. The Morgan fingerprint density at radius 3 is 2.41 bits per heavy atom. The molecule has 0 aliphatic carbocycles. The van der Waals surface area contributed by atoms with Crippen molar-refractivity contribution in [2.45, 2.75) is 6.42 Å². The lowest BCUT2D eigenvalue weighted by Crippen LogP contribution is -2.28. The molecule has 3 rings (SSSR count). The van der Waals surface area contributed by atoms with E-state index in [1.54, 1.807) is 61.3 Å². The van der Waals surface area contributed by atoms with Crippen molar-refractivity contribution in [1.82, 2.24) is 9.88 Å². The van der Waals surface area contributed by atoms with Crippen molar-refractivity contribution in [3.8, 4) is 5.75 Å². The smallest absolute Gasteiger partial charge is 0.355 e. The molecule has 0 bridgehead atoms. The number of carbonyl (C=O) groups is 3. The van der Waals surface area contributed by atoms with Crippen LogP contribution in [0.1, 0.15) is 26.4 Å². The van der Waals surface area contributed by atoms with Gasteiger partial charge in [-0.05, 0) is 48.4 Å². The fourth-order valence-corrected chi connectivity index (χ4v) is 3.06. The van der Waals surface area contributed by atoms with Crippen molar-refractivity contribution in [3.05, 3.63) is 83.7 Å². The van der Waals surface area contributed by atoms with E-state index in [-0.39, 0.29) is 5.91 Å². The van der Waals surface area contributed by atoms with Crippen LogP contribution in [0.3, 0.4) is 0 Å². The van der Waals surface area contributed by atoms with Crippen LogP contribution in [0.2, 0.25) is 0 Å². The van der Waals surface area contributed by atoms with Crippen LogP contribution in [0.15, 0.2) is 66.9 Å². The molecule has 8 nitrogen and oxygen atoms in total. The maximum Gasteiger partial charge on any atom is 0.355 e. The van der Waals surface area contributed by atoms with Crippen molar-refractivity contribution < 1.29 is 23.9 Å². The highest BCUT2D eigenvalue weighted by Crippen LogP contribution is 2.15. The van der Waals surface area contributed by atoms with E-state index in [0.29, 0.717) is 29.9 Å². The van der Waals surface area contributed by atoms with Crippen LogP contribution in [0.4, 0.5) is 5.69 Å². The Balaban J connectivity index is 1.52. The largest absolute Gasteiger partial charge is 0.497 e. The van der Waals surface area contributed by atoms with Gasteiger partial charge in [-0.3, -0.25) is 9.59 Å². The Hall–Kier alpha value is -4.07. The van der Waals surface area contributed by atoms with Gasteiger partial charge in [-0.15, -0.1) is 0 Å². The number of nitrogens with one attached hydrogen (secondary N) is 2. The summed E-state index contributed by atoms with van der Waals surface area (Å²) in [6, 6.07) is 17.6. The zero-order valence-corrected chi connectivity index (χ0v) is 18.0. The minimum atomic E-state index is -0.600. The van der Waals surface area contributed by atoms with E-state index in [9.17, 15) is 14.4 Å². The zero-order chi connectivity index (χ0) is 22.9. The van der Waals surface area contributed by atoms with Crippen LogP contribution in [-0.4, -0.2) is 42.6 Å². The molecule has 1 heterocycles. The molecule has 0 saturated heterocycles. The highest BCUT2D eigenvalue weighted by molar-refractivity contribution is 6.04. The summed E-state index contributed by atoms with van der Waals surface area (Å²) in [4.78, 5) is 36.9. The standard InChI is InChI=1S/C24H25N3O5/c1-27-15-5-8-21(27)24(30)32-16-22(28)26-20-7-4-3-6-19(20)23(29)25-14-13-17-9-11-18(31-2)12-10-17/h3-12,15H,13-14,16H2,1-2H3,(H,25,29)(H,26,28). The third kappa shape index (κ3) is 5.98. The van der Waals surface area contributed by atoms with Crippen LogP contribution < -0.4 is 15.4 Å². The Morgan fingerprint density at radius 2 is 1.72 bits per heavy atom. The van der Waals surface area contributed by atoms with Gasteiger partial charge < -0.3 is 24.7 Å². The number of anilines is 1. The molecule has 0 saturated carbocycles. The van der Waals surface area contributed by atoms with Gasteiger partial charge in [0.05, 0.1) is 18.4 Å². The minimum absolute atomic E-state index is 0.310. The second kappa shape index (κ2) is 10.8. The number of carbonyl (C=O) groups excluding carboxylic acids is 3. The van der Waals surface area contributed by atoms with Gasteiger partial charge in [0.15, 0.2) is 6.61 Å². The van der Waals surface area contributed by atoms with Crippen molar-refractivity contribution in [2.75, 3.05) is 25.6 Å². The zero-order valence-electron chi connectivity index (χ0n) is 18.0. The number of esters is 1. The van der Waals surface area contributed by atoms with E-state index < -0.39 is 18.5 Å². The quantitative estimate of drug-likeness (QED) is 0.504. The minimum Gasteiger partial charge on any atom is -0.497 e. The second-order valence-corrected chi connectivity index (χ2v) is 7.03. The summed E-state index contributed by atoms with van der Waals surface area (Å²) in [6.07, 6.45) is 2.36. The Kier molecular flexibility index (Phi) is 7.64. The topological polar surface area (TPSA) is 98.7 Å². The molecule has 0 radical (unpaired) electrons. The molecule has 0 fully saturated rings. The summed E-state index contributed by atoms with van der Waals surface area (Å²) in [6.45, 7) is -0.0286. The van der Waals surface area contributed by atoms with Gasteiger partial charge in [0, 0.05) is 19.8 Å². The number of methoxy groups -OCH3 is 1. The molecule has 32 heavy (non-hydrogen) atoms. The number of hydrogen-bond acceptors (Lipinski definition) is 5. The van der Waals surface area contributed by atoms with Crippen LogP contribution >= 0.6 is 0 Å². The van der Waals surface area contributed by atoms with E-state index in [2.05, 4.69) is 10.6 Å². The summed E-state index contributed by atoms with van der Waals surface area (Å²) in [5, 5.41) is 5.48. The number of rotatable bonds is 9. The van der Waals surface area contributed by atoms with Crippen LogP contribution in [0, 0.1) is 0 Å². The molecule has 1 aromatic heterocycles. The normalized spacial score (nSPS) is 10.3. The maximum absolute atomic E-state index is 12.6. The predicted octanol–water partition coefficient (Wildman–Crippen LogP) is 2.80. The molecule has 8 heteroatoms. The first-order valence-electron chi connectivity index (χ1n) is 10.1. The highest BCUT2D eigenvalue weighted by atomic mass is 16.5. The molecule has 2 amide bonds. The van der Waals surface area contributed by atoms with Crippen LogP contribution in [-0.2, 0) is 23.0 Å². The molecule has 166 valence electrons. The number of benzene rings is 2. The number of nitrogens with zero attached hydrogens (tertiary/aromatic N) is 1. The summed E-state index contributed by atoms with van der Waals surface area (Å²) in [5.74, 6) is -0.671. The SMILES string of the molecule is COc1ccc(CCNC(=O)c2ccccc2NC(=O)COC(=O)c2cccn2C)cc1. The van der Waals surface area contributed by atoms with Gasteiger partial charge in [0.2, 0.25) is 0 Å². The number of para-hydroxylation sites is 1. The number of amides is 2. The lowest BCUT2D eigenvalue weighted by Gasteiger charge is -2.12. The van der Waals surface area contributed by atoms with E-state index in [1.807, 2.05) is 24.3 Å². The molecular formula is C24H25N3O5. The van der Waals surface area contributed by atoms with E-state index in [4.69, 9.17) is 9.47 Å². The van der Waals surface area contributed by atoms with Gasteiger partial charge in [-0.2, -0.15) is 0 Å². The molecule has 3 aromatic rings. The fourth-order valence-electron chi connectivity index (χ4n) is 3.06. The van der Waals surface area contributed by atoms with Crippen molar-refractivity contribution >= 4 is 23.5 Å². The number of aryl methyl sites for hydroxylation is 1. The first kappa shape index (κ1) is 22.6. The third-order valence-corrected chi connectivity index (χ3v) is 4.79. The van der Waals surface area contributed by atoms with Gasteiger partial charge >= 0.3 is 5.97 Å². The van der Waals surface area contributed by atoms with Crippen LogP contribution in [0.5, 0.6) is 5.75 Å². The van der Waals surface area contributed by atoms with Gasteiger partial charge in [-0.1, -0.05) is 24.3 Å².